The van der Waals surface area contributed by atoms with Crippen LogP contribution in [0.15, 0.2) is 49.1 Å². The molecule has 0 amide bonds. The molecule has 3 rings (SSSR count). The van der Waals surface area contributed by atoms with Crippen molar-refractivity contribution >= 4 is 11.6 Å². The topological polar surface area (TPSA) is 9.23 Å². The number of hydrogen-bond acceptors (Lipinski definition) is 1. The largest absolute Gasteiger partial charge is 0.491 e. The summed E-state index contributed by atoms with van der Waals surface area (Å²) in [7, 11) is 0. The highest BCUT2D eigenvalue weighted by Crippen LogP contribution is 2.37. The summed E-state index contributed by atoms with van der Waals surface area (Å²) >= 11 is 6.21. The van der Waals surface area contributed by atoms with Gasteiger partial charge in [0.2, 0.25) is 0 Å². The van der Waals surface area contributed by atoms with Crippen LogP contribution in [0.3, 0.4) is 0 Å². The van der Waals surface area contributed by atoms with Gasteiger partial charge < -0.3 is 4.74 Å². The van der Waals surface area contributed by atoms with E-state index < -0.39 is 5.82 Å². The molecule has 156 valence electrons. The molecule has 0 heterocycles. The number of aryl methyl sites for hydroxylation is 2. The van der Waals surface area contributed by atoms with E-state index in [1.165, 1.54) is 43.2 Å². The van der Waals surface area contributed by atoms with E-state index in [9.17, 15) is 4.39 Å². The molecule has 1 fully saturated rings. The lowest BCUT2D eigenvalue weighted by molar-refractivity contribution is 0.312. The highest BCUT2D eigenvalue weighted by Gasteiger charge is 2.21. The molecule has 2 aromatic rings. The van der Waals surface area contributed by atoms with Crippen molar-refractivity contribution in [3.63, 3.8) is 0 Å². The van der Waals surface area contributed by atoms with Gasteiger partial charge in [0.25, 0.3) is 0 Å². The predicted octanol–water partition coefficient (Wildman–Crippen LogP) is 7.90. The molecule has 1 aliphatic carbocycles. The summed E-state index contributed by atoms with van der Waals surface area (Å²) in [4.78, 5) is 0. The fraction of sp³-hybridized carbons (Fsp3) is 0.462. The number of rotatable bonds is 9. The molecular weight excluding hydrogens is 383 g/mol. The Morgan fingerprint density at radius 2 is 1.79 bits per heavy atom. The van der Waals surface area contributed by atoms with Gasteiger partial charge >= 0.3 is 0 Å². The van der Waals surface area contributed by atoms with Crippen LogP contribution < -0.4 is 4.74 Å². The zero-order valence-corrected chi connectivity index (χ0v) is 18.2. The van der Waals surface area contributed by atoms with Crippen molar-refractivity contribution in [3.8, 4) is 5.75 Å². The van der Waals surface area contributed by atoms with Crippen molar-refractivity contribution in [2.75, 3.05) is 6.61 Å². The van der Waals surface area contributed by atoms with Crippen LogP contribution >= 0.6 is 11.6 Å². The van der Waals surface area contributed by atoms with E-state index in [2.05, 4.69) is 30.8 Å². The monoisotopic (exact) mass is 414 g/mol. The highest BCUT2D eigenvalue weighted by molar-refractivity contribution is 6.31. The van der Waals surface area contributed by atoms with Crippen molar-refractivity contribution in [3.05, 3.63) is 76.6 Å². The molecule has 0 unspecified atom stereocenters. The molecule has 0 N–H and O–H groups in total. The van der Waals surface area contributed by atoms with Crippen LogP contribution in [0.2, 0.25) is 5.02 Å². The third-order valence-corrected chi connectivity index (χ3v) is 6.60. The summed E-state index contributed by atoms with van der Waals surface area (Å²) < 4.78 is 19.5. The summed E-state index contributed by atoms with van der Waals surface area (Å²) in [6, 6.07) is 12.6. The first-order valence-electron chi connectivity index (χ1n) is 10.9. The Bertz CT molecular complexity index is 791. The minimum atomic E-state index is -0.454. The van der Waals surface area contributed by atoms with E-state index in [-0.39, 0.29) is 10.8 Å². The smallest absolute Gasteiger partial charge is 0.183 e. The maximum absolute atomic E-state index is 14.3. The van der Waals surface area contributed by atoms with Gasteiger partial charge in [-0.1, -0.05) is 48.0 Å². The van der Waals surface area contributed by atoms with Crippen molar-refractivity contribution in [2.45, 2.75) is 64.2 Å². The van der Waals surface area contributed by atoms with Crippen LogP contribution in [0.4, 0.5) is 4.39 Å². The van der Waals surface area contributed by atoms with Crippen LogP contribution in [0, 0.1) is 11.7 Å². The van der Waals surface area contributed by atoms with Gasteiger partial charge in [-0.15, -0.1) is 6.58 Å². The van der Waals surface area contributed by atoms with Gasteiger partial charge in [0.1, 0.15) is 0 Å². The van der Waals surface area contributed by atoms with Crippen molar-refractivity contribution < 1.29 is 9.13 Å². The molecule has 0 radical (unpaired) electrons. The van der Waals surface area contributed by atoms with E-state index in [1.54, 1.807) is 6.07 Å². The third-order valence-electron chi connectivity index (χ3n) is 6.19. The zero-order valence-electron chi connectivity index (χ0n) is 17.4. The van der Waals surface area contributed by atoms with Crippen LogP contribution in [0.25, 0.3) is 0 Å². The molecule has 0 bridgehead atoms. The highest BCUT2D eigenvalue weighted by atomic mass is 35.5. The Balaban J connectivity index is 1.54. The van der Waals surface area contributed by atoms with Gasteiger partial charge in [-0.25, -0.2) is 4.39 Å². The molecule has 1 aliphatic rings. The number of hydrogen-bond donors (Lipinski definition) is 0. The van der Waals surface area contributed by atoms with Crippen molar-refractivity contribution in [2.24, 2.45) is 5.92 Å². The fourth-order valence-corrected chi connectivity index (χ4v) is 4.66. The summed E-state index contributed by atoms with van der Waals surface area (Å²) in [6.07, 6.45) is 11.3. The van der Waals surface area contributed by atoms with Gasteiger partial charge in [0.05, 0.1) is 11.6 Å². The Labute approximate surface area is 179 Å². The fourth-order valence-electron chi connectivity index (χ4n) is 4.41. The van der Waals surface area contributed by atoms with Gasteiger partial charge in [0.15, 0.2) is 11.6 Å². The number of ether oxygens (including phenoxy) is 1. The first-order valence-corrected chi connectivity index (χ1v) is 11.3. The van der Waals surface area contributed by atoms with E-state index in [4.69, 9.17) is 16.3 Å². The van der Waals surface area contributed by atoms with E-state index in [1.807, 2.05) is 19.1 Å². The van der Waals surface area contributed by atoms with Crippen molar-refractivity contribution in [1.29, 1.82) is 0 Å². The SMILES string of the molecule is C=CCCC1CCC(c2ccc(CCc3ccc(OCC)c(F)c3Cl)cc2)CC1. The molecule has 2 aromatic carbocycles. The standard InChI is InChI=1S/C26H32ClFO/c1-3-5-6-19-7-12-21(13-8-19)22-14-9-20(10-15-22)11-16-23-17-18-24(29-4-2)26(28)25(23)27/h3,9-10,14-15,17-19,21H,1,4-8,11-13,16H2,2H3. The van der Waals surface area contributed by atoms with Crippen LogP contribution in [-0.4, -0.2) is 6.61 Å². The molecular formula is C26H32ClFO. The van der Waals surface area contributed by atoms with Gasteiger partial charge in [-0.3, -0.25) is 0 Å². The Kier molecular flexibility index (Phi) is 8.18. The Morgan fingerprint density at radius 3 is 2.45 bits per heavy atom. The van der Waals surface area contributed by atoms with Gasteiger partial charge in [-0.2, -0.15) is 0 Å². The normalized spacial score (nSPS) is 19.1. The maximum atomic E-state index is 14.3. The number of halogens is 2. The summed E-state index contributed by atoms with van der Waals surface area (Å²) in [6.45, 7) is 6.10. The molecule has 3 heteroatoms. The lowest BCUT2D eigenvalue weighted by atomic mass is 9.77. The molecule has 29 heavy (non-hydrogen) atoms. The Morgan fingerprint density at radius 1 is 1.07 bits per heavy atom. The third kappa shape index (κ3) is 5.85. The van der Waals surface area contributed by atoms with Crippen LogP contribution in [-0.2, 0) is 12.8 Å². The second-order valence-corrected chi connectivity index (χ2v) is 8.49. The second kappa shape index (κ2) is 10.8. The number of benzene rings is 2. The average molecular weight is 415 g/mol. The molecule has 1 nitrogen and oxygen atoms in total. The van der Waals surface area contributed by atoms with E-state index >= 15 is 0 Å². The average Bonchev–Trinajstić information content (AvgIpc) is 2.76. The summed E-state index contributed by atoms with van der Waals surface area (Å²) in [5.41, 5.74) is 3.55. The molecule has 0 atom stereocenters. The molecule has 0 aromatic heterocycles. The first-order chi connectivity index (χ1) is 14.1. The second-order valence-electron chi connectivity index (χ2n) is 8.11. The van der Waals surface area contributed by atoms with E-state index in [0.717, 1.165) is 30.7 Å². The minimum absolute atomic E-state index is 0.181. The molecule has 0 spiro atoms. The van der Waals surface area contributed by atoms with Gasteiger partial charge in [-0.05, 0) is 92.9 Å². The lowest BCUT2D eigenvalue weighted by Gasteiger charge is -2.28. The van der Waals surface area contributed by atoms with Crippen LogP contribution in [0.1, 0.15) is 68.1 Å². The van der Waals surface area contributed by atoms with Gasteiger partial charge in [0, 0.05) is 0 Å². The maximum Gasteiger partial charge on any atom is 0.183 e. The van der Waals surface area contributed by atoms with Crippen LogP contribution in [0.5, 0.6) is 5.75 Å². The molecule has 1 saturated carbocycles. The first kappa shape index (κ1) is 21.9. The quantitative estimate of drug-likeness (QED) is 0.379. The minimum Gasteiger partial charge on any atom is -0.491 e. The predicted molar refractivity (Wildman–Crippen MR) is 121 cm³/mol. The summed E-state index contributed by atoms with van der Waals surface area (Å²) in [5, 5.41) is 0.181. The summed E-state index contributed by atoms with van der Waals surface area (Å²) in [5.74, 6) is 1.34. The zero-order chi connectivity index (χ0) is 20.6. The molecule has 0 saturated heterocycles. The van der Waals surface area contributed by atoms with Crippen molar-refractivity contribution in [1.82, 2.24) is 0 Å². The molecule has 0 aliphatic heterocycles. The van der Waals surface area contributed by atoms with E-state index in [0.29, 0.717) is 12.5 Å². The Hall–Kier alpha value is -1.80. The lowest BCUT2D eigenvalue weighted by Crippen LogP contribution is -2.13. The number of allylic oxidation sites excluding steroid dienone is 1.